The van der Waals surface area contributed by atoms with E-state index in [1.807, 2.05) is 24.3 Å². The Labute approximate surface area is 109 Å². The first-order valence-corrected chi connectivity index (χ1v) is 6.25. The first-order valence-electron chi connectivity index (χ1n) is 5.46. The number of nitrogens with two attached hydrogens (primary N) is 1. The Balaban J connectivity index is 2.26. The molecule has 0 bridgehead atoms. The summed E-state index contributed by atoms with van der Waals surface area (Å²) in [5.74, 6) is 6.56. The first kappa shape index (κ1) is 12.4. The molecule has 0 amide bonds. The fraction of sp³-hybridized carbons (Fsp3) is 0.231. The third-order valence-corrected chi connectivity index (χ3v) is 3.73. The molecule has 1 aromatic heterocycles. The van der Waals surface area contributed by atoms with E-state index < -0.39 is 0 Å². The van der Waals surface area contributed by atoms with Crippen molar-refractivity contribution in [3.63, 3.8) is 0 Å². The van der Waals surface area contributed by atoms with E-state index in [4.69, 9.17) is 10.3 Å². The highest BCUT2D eigenvalue weighted by molar-refractivity contribution is 9.10. The molecule has 2 rings (SSSR count). The van der Waals surface area contributed by atoms with Crippen LogP contribution in [-0.2, 0) is 6.42 Å². The van der Waals surface area contributed by atoms with Gasteiger partial charge in [-0.1, -0.05) is 28.1 Å². The minimum Gasteiger partial charge on any atom is -0.469 e. The van der Waals surface area contributed by atoms with E-state index in [1.165, 1.54) is 11.1 Å². The zero-order chi connectivity index (χ0) is 12.3. The molecular weight excluding hydrogens is 280 g/mol. The molecule has 0 saturated carbocycles. The Hall–Kier alpha value is -1.10. The molecule has 0 aliphatic carbocycles. The Bertz CT molecular complexity index is 482. The van der Waals surface area contributed by atoms with Crippen molar-refractivity contribution in [2.24, 2.45) is 5.84 Å². The minimum atomic E-state index is 0.0543. The molecule has 0 aliphatic rings. The Morgan fingerprint density at radius 2 is 2.18 bits per heavy atom. The lowest BCUT2D eigenvalue weighted by atomic mass is 9.98. The highest BCUT2D eigenvalue weighted by Crippen LogP contribution is 2.26. The fourth-order valence-corrected chi connectivity index (χ4v) is 2.27. The lowest BCUT2D eigenvalue weighted by Crippen LogP contribution is -2.30. The number of rotatable bonds is 4. The van der Waals surface area contributed by atoms with E-state index in [0.29, 0.717) is 0 Å². The van der Waals surface area contributed by atoms with Crippen molar-refractivity contribution in [2.75, 3.05) is 0 Å². The van der Waals surface area contributed by atoms with Gasteiger partial charge >= 0.3 is 0 Å². The van der Waals surface area contributed by atoms with Gasteiger partial charge in [-0.25, -0.2) is 0 Å². The van der Waals surface area contributed by atoms with E-state index in [9.17, 15) is 0 Å². The Morgan fingerprint density at radius 1 is 1.35 bits per heavy atom. The van der Waals surface area contributed by atoms with Crippen molar-refractivity contribution in [3.05, 3.63) is 58.0 Å². The number of furan rings is 1. The SMILES string of the molecule is Cc1c(Br)cccc1C(Cc1ccco1)NN. The molecule has 0 aliphatic heterocycles. The molecule has 0 fully saturated rings. The normalized spacial score (nSPS) is 12.6. The summed E-state index contributed by atoms with van der Waals surface area (Å²) in [5.41, 5.74) is 5.22. The monoisotopic (exact) mass is 294 g/mol. The third-order valence-electron chi connectivity index (χ3n) is 2.87. The van der Waals surface area contributed by atoms with Crippen molar-refractivity contribution in [2.45, 2.75) is 19.4 Å². The van der Waals surface area contributed by atoms with Gasteiger partial charge in [-0.2, -0.15) is 0 Å². The average molecular weight is 295 g/mol. The van der Waals surface area contributed by atoms with E-state index in [-0.39, 0.29) is 6.04 Å². The van der Waals surface area contributed by atoms with Crippen LogP contribution in [0.15, 0.2) is 45.5 Å². The molecule has 0 spiro atoms. The van der Waals surface area contributed by atoms with Gasteiger partial charge in [-0.05, 0) is 36.2 Å². The summed E-state index contributed by atoms with van der Waals surface area (Å²) in [4.78, 5) is 0. The fourth-order valence-electron chi connectivity index (χ4n) is 1.89. The van der Waals surface area contributed by atoms with Gasteiger partial charge < -0.3 is 4.42 Å². The van der Waals surface area contributed by atoms with Crippen molar-refractivity contribution >= 4 is 15.9 Å². The maximum absolute atomic E-state index is 5.63. The van der Waals surface area contributed by atoms with Crippen LogP contribution in [0.5, 0.6) is 0 Å². The molecule has 3 nitrogen and oxygen atoms in total. The molecule has 1 unspecified atom stereocenters. The number of hydrogen-bond donors (Lipinski definition) is 2. The molecule has 1 aromatic carbocycles. The molecule has 2 aromatic rings. The largest absolute Gasteiger partial charge is 0.469 e. The standard InChI is InChI=1S/C13H15BrN2O/c1-9-11(5-2-6-12(9)14)13(16-15)8-10-4-3-7-17-10/h2-7,13,16H,8,15H2,1H3. The summed E-state index contributed by atoms with van der Waals surface area (Å²) < 4.78 is 6.44. The summed E-state index contributed by atoms with van der Waals surface area (Å²) in [6.45, 7) is 2.08. The van der Waals surface area contributed by atoms with Crippen LogP contribution in [-0.4, -0.2) is 0 Å². The van der Waals surface area contributed by atoms with Crippen molar-refractivity contribution < 1.29 is 4.42 Å². The lowest BCUT2D eigenvalue weighted by Gasteiger charge is -2.18. The van der Waals surface area contributed by atoms with E-state index in [2.05, 4.69) is 34.3 Å². The van der Waals surface area contributed by atoms with Gasteiger partial charge in [0.2, 0.25) is 0 Å². The Kier molecular flexibility index (Phi) is 3.99. The molecule has 0 saturated heterocycles. The van der Waals surface area contributed by atoms with Crippen molar-refractivity contribution in [1.82, 2.24) is 5.43 Å². The van der Waals surface area contributed by atoms with Crippen LogP contribution in [0.25, 0.3) is 0 Å². The van der Waals surface area contributed by atoms with Crippen molar-refractivity contribution in [1.29, 1.82) is 0 Å². The van der Waals surface area contributed by atoms with Crippen LogP contribution in [0, 0.1) is 6.92 Å². The van der Waals surface area contributed by atoms with E-state index >= 15 is 0 Å². The summed E-state index contributed by atoms with van der Waals surface area (Å²) in [6, 6.07) is 10.0. The van der Waals surface area contributed by atoms with E-state index in [0.717, 1.165) is 16.7 Å². The highest BCUT2D eigenvalue weighted by atomic mass is 79.9. The topological polar surface area (TPSA) is 51.2 Å². The number of benzene rings is 1. The van der Waals surface area contributed by atoms with Crippen LogP contribution >= 0.6 is 15.9 Å². The van der Waals surface area contributed by atoms with E-state index in [1.54, 1.807) is 6.26 Å². The Morgan fingerprint density at radius 3 is 2.82 bits per heavy atom. The van der Waals surface area contributed by atoms with Crippen molar-refractivity contribution in [3.8, 4) is 0 Å². The summed E-state index contributed by atoms with van der Waals surface area (Å²) in [7, 11) is 0. The van der Waals surface area contributed by atoms with Gasteiger partial charge in [0.25, 0.3) is 0 Å². The zero-order valence-electron chi connectivity index (χ0n) is 9.61. The lowest BCUT2D eigenvalue weighted by molar-refractivity contribution is 0.454. The van der Waals surface area contributed by atoms with Crippen LogP contribution in [0.1, 0.15) is 22.9 Å². The number of nitrogens with one attached hydrogen (secondary N) is 1. The molecular formula is C13H15BrN2O. The molecule has 0 radical (unpaired) electrons. The van der Waals surface area contributed by atoms with Gasteiger partial charge in [-0.15, -0.1) is 0 Å². The predicted molar refractivity (Wildman–Crippen MR) is 71.4 cm³/mol. The second kappa shape index (κ2) is 5.49. The number of hydrogen-bond acceptors (Lipinski definition) is 3. The molecule has 1 heterocycles. The highest BCUT2D eigenvalue weighted by Gasteiger charge is 2.15. The molecule has 1 atom stereocenters. The number of hydrazine groups is 1. The second-order valence-corrected chi connectivity index (χ2v) is 4.81. The summed E-state index contributed by atoms with van der Waals surface area (Å²) in [6.07, 6.45) is 2.41. The zero-order valence-corrected chi connectivity index (χ0v) is 11.2. The first-order chi connectivity index (χ1) is 8.22. The van der Waals surface area contributed by atoms with Gasteiger partial charge in [0, 0.05) is 10.9 Å². The van der Waals surface area contributed by atoms with Crippen LogP contribution < -0.4 is 11.3 Å². The van der Waals surface area contributed by atoms with Gasteiger partial charge in [0.15, 0.2) is 0 Å². The summed E-state index contributed by atoms with van der Waals surface area (Å²) >= 11 is 3.53. The third kappa shape index (κ3) is 2.77. The maximum Gasteiger partial charge on any atom is 0.105 e. The molecule has 90 valence electrons. The second-order valence-electron chi connectivity index (χ2n) is 3.96. The van der Waals surface area contributed by atoms with Gasteiger partial charge in [-0.3, -0.25) is 11.3 Å². The number of halogens is 1. The van der Waals surface area contributed by atoms with Gasteiger partial charge in [0.1, 0.15) is 5.76 Å². The molecule has 4 heteroatoms. The smallest absolute Gasteiger partial charge is 0.105 e. The molecule has 17 heavy (non-hydrogen) atoms. The maximum atomic E-state index is 5.63. The van der Waals surface area contributed by atoms with Crippen LogP contribution in [0.3, 0.4) is 0 Å². The minimum absolute atomic E-state index is 0.0543. The quantitative estimate of drug-likeness (QED) is 0.673. The van der Waals surface area contributed by atoms with Crippen LogP contribution in [0.4, 0.5) is 0 Å². The summed E-state index contributed by atoms with van der Waals surface area (Å²) in [5, 5.41) is 0. The van der Waals surface area contributed by atoms with Gasteiger partial charge in [0.05, 0.1) is 12.3 Å². The molecule has 3 N–H and O–H groups in total. The average Bonchev–Trinajstić information content (AvgIpc) is 2.83. The van der Waals surface area contributed by atoms with Crippen LogP contribution in [0.2, 0.25) is 0 Å². The predicted octanol–water partition coefficient (Wildman–Crippen LogP) is 3.10.